The van der Waals surface area contributed by atoms with Crippen LogP contribution in [0.5, 0.6) is 0 Å². The summed E-state index contributed by atoms with van der Waals surface area (Å²) in [5.41, 5.74) is 6.02. The highest BCUT2D eigenvalue weighted by Gasteiger charge is 2.36. The largest absolute Gasteiger partial charge is 0.452 e. The number of rotatable bonds is 6. The summed E-state index contributed by atoms with van der Waals surface area (Å²) in [6.07, 6.45) is 1.06. The van der Waals surface area contributed by atoms with Gasteiger partial charge < -0.3 is 15.4 Å². The van der Waals surface area contributed by atoms with Gasteiger partial charge >= 0.3 is 5.97 Å². The molecule has 1 fully saturated rings. The lowest BCUT2D eigenvalue weighted by Gasteiger charge is -2.33. The van der Waals surface area contributed by atoms with Gasteiger partial charge in [0, 0.05) is 22.8 Å². The van der Waals surface area contributed by atoms with Crippen LogP contribution < -0.4 is 5.73 Å². The summed E-state index contributed by atoms with van der Waals surface area (Å²) < 4.78 is 28.6. The number of carbonyl (C=O) groups excluding carboxylic acids is 2. The number of nitrogen functional groups attached to an aromatic ring is 1. The molecule has 0 radical (unpaired) electrons. The standard InChI is InChI=1S/C17H23ClN2O5S/c1-3-11(2)20(13-6-7-26(23,24)10-13)16(21)9-25-17(22)14-8-12(18)4-5-15(14)19/h4-5,8,11,13H,3,6-7,9-10,19H2,1-2H3/t11-,13+/m1/s1. The number of ether oxygens (including phenoxy) is 1. The van der Waals surface area contributed by atoms with Crippen molar-refractivity contribution in [1.82, 2.24) is 4.90 Å². The number of nitrogens with two attached hydrogens (primary N) is 1. The highest BCUT2D eigenvalue weighted by Crippen LogP contribution is 2.22. The smallest absolute Gasteiger partial charge is 0.340 e. The van der Waals surface area contributed by atoms with E-state index in [-0.39, 0.29) is 28.8 Å². The number of amides is 1. The Morgan fingerprint density at radius 3 is 2.69 bits per heavy atom. The molecule has 7 nitrogen and oxygen atoms in total. The second-order valence-corrected chi connectivity index (χ2v) is 9.09. The van der Waals surface area contributed by atoms with Crippen molar-refractivity contribution >= 4 is 39.0 Å². The van der Waals surface area contributed by atoms with Crippen LogP contribution in [0.4, 0.5) is 5.69 Å². The molecule has 1 aliphatic rings. The van der Waals surface area contributed by atoms with Crippen LogP contribution in [0.25, 0.3) is 0 Å². The molecule has 1 amide bonds. The Balaban J connectivity index is 2.07. The number of anilines is 1. The van der Waals surface area contributed by atoms with Crippen LogP contribution in [0.15, 0.2) is 18.2 Å². The van der Waals surface area contributed by atoms with E-state index in [0.717, 1.165) is 0 Å². The van der Waals surface area contributed by atoms with Crippen molar-refractivity contribution in [2.45, 2.75) is 38.8 Å². The monoisotopic (exact) mass is 402 g/mol. The molecular weight excluding hydrogens is 380 g/mol. The van der Waals surface area contributed by atoms with Crippen molar-refractivity contribution in [3.8, 4) is 0 Å². The molecule has 0 bridgehead atoms. The SMILES string of the molecule is CC[C@@H](C)N(C(=O)COC(=O)c1cc(Cl)ccc1N)[C@H]1CCS(=O)(=O)C1. The van der Waals surface area contributed by atoms with Gasteiger partial charge in [-0.15, -0.1) is 0 Å². The fraction of sp³-hybridized carbons (Fsp3) is 0.529. The summed E-state index contributed by atoms with van der Waals surface area (Å²) in [5.74, 6) is -1.16. The van der Waals surface area contributed by atoms with Crippen LogP contribution in [0.3, 0.4) is 0 Å². The molecule has 2 N–H and O–H groups in total. The van der Waals surface area contributed by atoms with Crippen LogP contribution in [0.1, 0.15) is 37.0 Å². The maximum Gasteiger partial charge on any atom is 0.340 e. The Bertz CT molecular complexity index is 796. The third-order valence-corrected chi connectivity index (χ3v) is 6.50. The van der Waals surface area contributed by atoms with Crippen molar-refractivity contribution in [2.24, 2.45) is 0 Å². The zero-order valence-corrected chi connectivity index (χ0v) is 16.3. The molecule has 2 atom stereocenters. The van der Waals surface area contributed by atoms with E-state index in [2.05, 4.69) is 0 Å². The van der Waals surface area contributed by atoms with Gasteiger partial charge in [-0.25, -0.2) is 13.2 Å². The molecule has 1 heterocycles. The second kappa shape index (κ2) is 8.26. The third-order valence-electron chi connectivity index (χ3n) is 4.52. The highest BCUT2D eigenvalue weighted by atomic mass is 35.5. The van der Waals surface area contributed by atoms with E-state index >= 15 is 0 Å². The van der Waals surface area contributed by atoms with Crippen molar-refractivity contribution in [2.75, 3.05) is 23.8 Å². The molecular formula is C17H23ClN2O5S. The third kappa shape index (κ3) is 4.88. The van der Waals surface area contributed by atoms with Crippen LogP contribution >= 0.6 is 11.6 Å². The van der Waals surface area contributed by atoms with E-state index in [4.69, 9.17) is 22.1 Å². The zero-order valence-electron chi connectivity index (χ0n) is 14.8. The summed E-state index contributed by atoms with van der Waals surface area (Å²) in [6, 6.07) is 3.85. The Kier molecular flexibility index (Phi) is 6.52. The Hall–Kier alpha value is -1.80. The molecule has 0 unspecified atom stereocenters. The molecule has 2 rings (SSSR count). The molecule has 26 heavy (non-hydrogen) atoms. The van der Waals surface area contributed by atoms with Crippen molar-refractivity contribution in [3.63, 3.8) is 0 Å². The average Bonchev–Trinajstić information content (AvgIpc) is 2.94. The number of esters is 1. The van der Waals surface area contributed by atoms with Crippen LogP contribution in [-0.4, -0.2) is 55.4 Å². The summed E-state index contributed by atoms with van der Waals surface area (Å²) in [6.45, 7) is 3.28. The van der Waals surface area contributed by atoms with Crippen molar-refractivity contribution in [3.05, 3.63) is 28.8 Å². The van der Waals surface area contributed by atoms with Gasteiger partial charge in [0.15, 0.2) is 16.4 Å². The molecule has 0 spiro atoms. The zero-order chi connectivity index (χ0) is 19.5. The lowest BCUT2D eigenvalue weighted by atomic mass is 10.1. The van der Waals surface area contributed by atoms with Gasteiger partial charge in [0.25, 0.3) is 5.91 Å². The maximum absolute atomic E-state index is 12.6. The average molecular weight is 403 g/mol. The predicted molar refractivity (Wildman–Crippen MR) is 99.8 cm³/mol. The fourth-order valence-corrected chi connectivity index (χ4v) is 4.87. The first-order valence-corrected chi connectivity index (χ1v) is 10.6. The second-order valence-electron chi connectivity index (χ2n) is 6.42. The number of sulfone groups is 1. The molecule has 1 aliphatic heterocycles. The molecule has 0 saturated carbocycles. The van der Waals surface area contributed by atoms with Crippen LogP contribution in [-0.2, 0) is 19.4 Å². The van der Waals surface area contributed by atoms with Gasteiger partial charge in [0.05, 0.1) is 17.1 Å². The number of benzene rings is 1. The number of carbonyl (C=O) groups is 2. The molecule has 1 aromatic rings. The van der Waals surface area contributed by atoms with Gasteiger partial charge in [-0.3, -0.25) is 4.79 Å². The summed E-state index contributed by atoms with van der Waals surface area (Å²) >= 11 is 5.85. The first-order valence-electron chi connectivity index (χ1n) is 8.38. The first-order chi connectivity index (χ1) is 12.1. The van der Waals surface area contributed by atoms with E-state index < -0.39 is 34.4 Å². The van der Waals surface area contributed by atoms with Crippen LogP contribution in [0, 0.1) is 0 Å². The lowest BCUT2D eigenvalue weighted by molar-refractivity contribution is -0.138. The molecule has 1 aromatic carbocycles. The number of hydrogen-bond acceptors (Lipinski definition) is 6. The van der Waals surface area contributed by atoms with E-state index in [0.29, 0.717) is 17.9 Å². The summed E-state index contributed by atoms with van der Waals surface area (Å²) in [4.78, 5) is 26.3. The summed E-state index contributed by atoms with van der Waals surface area (Å²) in [5, 5.41) is 0.329. The van der Waals surface area contributed by atoms with Gasteiger partial charge in [-0.05, 0) is 38.0 Å². The van der Waals surface area contributed by atoms with Gasteiger partial charge in [-0.1, -0.05) is 18.5 Å². The molecule has 0 aromatic heterocycles. The van der Waals surface area contributed by atoms with Crippen molar-refractivity contribution in [1.29, 1.82) is 0 Å². The van der Waals surface area contributed by atoms with Crippen molar-refractivity contribution < 1.29 is 22.7 Å². The fourth-order valence-electron chi connectivity index (χ4n) is 2.99. The quantitative estimate of drug-likeness (QED) is 0.575. The number of halogens is 1. The lowest BCUT2D eigenvalue weighted by Crippen LogP contribution is -2.48. The molecule has 144 valence electrons. The normalized spacial score (nSPS) is 19.7. The van der Waals surface area contributed by atoms with E-state index in [1.165, 1.54) is 17.0 Å². The van der Waals surface area contributed by atoms with E-state index in [1.807, 2.05) is 13.8 Å². The maximum atomic E-state index is 12.6. The number of nitrogens with zero attached hydrogens (tertiary/aromatic N) is 1. The highest BCUT2D eigenvalue weighted by molar-refractivity contribution is 7.91. The predicted octanol–water partition coefficient (Wildman–Crippen LogP) is 1.89. The molecule has 1 saturated heterocycles. The Morgan fingerprint density at radius 1 is 1.42 bits per heavy atom. The van der Waals surface area contributed by atoms with E-state index in [9.17, 15) is 18.0 Å². The Morgan fingerprint density at radius 2 is 2.12 bits per heavy atom. The minimum atomic E-state index is -3.13. The van der Waals surface area contributed by atoms with E-state index in [1.54, 1.807) is 6.07 Å². The topological polar surface area (TPSA) is 107 Å². The van der Waals surface area contributed by atoms with Gasteiger partial charge in [-0.2, -0.15) is 0 Å². The van der Waals surface area contributed by atoms with Gasteiger partial charge in [0.1, 0.15) is 0 Å². The minimum absolute atomic E-state index is 0.0573. The Labute approximate surface area is 158 Å². The number of hydrogen-bond donors (Lipinski definition) is 1. The van der Waals surface area contributed by atoms with Gasteiger partial charge in [0.2, 0.25) is 0 Å². The molecule has 9 heteroatoms. The minimum Gasteiger partial charge on any atom is -0.452 e. The first kappa shape index (κ1) is 20.5. The van der Waals surface area contributed by atoms with Crippen LogP contribution in [0.2, 0.25) is 5.02 Å². The molecule has 0 aliphatic carbocycles. The summed E-state index contributed by atoms with van der Waals surface area (Å²) in [7, 11) is -3.13.